The molecule has 0 aromatic heterocycles. The fourth-order valence-corrected chi connectivity index (χ4v) is 2.18. The van der Waals surface area contributed by atoms with Crippen LogP contribution < -0.4 is 0 Å². The molecule has 102 valence electrons. The van der Waals surface area contributed by atoms with Gasteiger partial charge in [0.05, 0.1) is 12.7 Å². The molecule has 20 heavy (non-hydrogen) atoms. The van der Waals surface area contributed by atoms with Crippen LogP contribution in [0, 0.1) is 0 Å². The van der Waals surface area contributed by atoms with E-state index in [1.165, 1.54) is 7.11 Å². The van der Waals surface area contributed by atoms with Gasteiger partial charge in [0.25, 0.3) is 0 Å². The van der Waals surface area contributed by atoms with Gasteiger partial charge < -0.3 is 4.74 Å². The lowest BCUT2D eigenvalue weighted by molar-refractivity contribution is 0.0600. The first kappa shape index (κ1) is 14.8. The Balaban J connectivity index is 2.28. The number of halogens is 2. The summed E-state index contributed by atoms with van der Waals surface area (Å²) in [6.07, 6.45) is 3.89. The van der Waals surface area contributed by atoms with Crippen molar-refractivity contribution >= 4 is 45.7 Å². The lowest BCUT2D eigenvalue weighted by atomic mass is 10.1. The molecule has 0 aliphatic heterocycles. The average molecular weight is 352 g/mol. The van der Waals surface area contributed by atoms with Crippen LogP contribution in [0.25, 0.3) is 12.2 Å². The topological polar surface area (TPSA) is 26.3 Å². The molecule has 0 atom stereocenters. The van der Waals surface area contributed by atoms with Crippen LogP contribution in [-0.2, 0) is 4.74 Å². The molecule has 2 aromatic rings. The molecule has 0 amide bonds. The van der Waals surface area contributed by atoms with Crippen molar-refractivity contribution in [1.82, 2.24) is 0 Å². The number of esters is 1. The molecule has 0 N–H and O–H groups in total. The molecule has 0 saturated heterocycles. The summed E-state index contributed by atoms with van der Waals surface area (Å²) < 4.78 is 5.63. The third-order valence-electron chi connectivity index (χ3n) is 2.74. The fourth-order valence-electron chi connectivity index (χ4n) is 1.68. The Hall–Kier alpha value is -1.58. The van der Waals surface area contributed by atoms with E-state index < -0.39 is 0 Å². The number of methoxy groups -OCH3 is 1. The Morgan fingerprint density at radius 2 is 1.85 bits per heavy atom. The van der Waals surface area contributed by atoms with Crippen LogP contribution in [0.2, 0.25) is 5.02 Å². The molecule has 2 aromatic carbocycles. The van der Waals surface area contributed by atoms with Gasteiger partial charge in [0.1, 0.15) is 0 Å². The van der Waals surface area contributed by atoms with Crippen molar-refractivity contribution in [2.45, 2.75) is 0 Å². The lowest BCUT2D eigenvalue weighted by Gasteiger charge is -2.03. The van der Waals surface area contributed by atoms with Crippen molar-refractivity contribution < 1.29 is 9.53 Å². The highest BCUT2D eigenvalue weighted by Crippen LogP contribution is 2.21. The molecule has 0 bridgehead atoms. The Bertz CT molecular complexity index is 648. The summed E-state index contributed by atoms with van der Waals surface area (Å²) in [6, 6.07) is 12.8. The van der Waals surface area contributed by atoms with Gasteiger partial charge in [-0.05, 0) is 41.5 Å². The third kappa shape index (κ3) is 3.71. The number of hydrogen-bond donors (Lipinski definition) is 0. The SMILES string of the molecule is COC(=O)c1ccc(Br)c(/C=C/c2ccc(Cl)cc2)c1. The number of hydrogen-bond acceptors (Lipinski definition) is 2. The standard InChI is InChI=1S/C16H12BrClO2/c1-20-16(19)13-6-9-15(17)12(10-13)5-2-11-3-7-14(18)8-4-11/h2-10H,1H3/b5-2+. The first-order chi connectivity index (χ1) is 9.60. The van der Waals surface area contributed by atoms with E-state index in [1.807, 2.05) is 42.5 Å². The van der Waals surface area contributed by atoms with Crippen LogP contribution in [0.5, 0.6) is 0 Å². The van der Waals surface area contributed by atoms with Crippen LogP contribution in [0.4, 0.5) is 0 Å². The number of ether oxygens (including phenoxy) is 1. The highest BCUT2D eigenvalue weighted by Gasteiger charge is 2.06. The molecular formula is C16H12BrClO2. The summed E-state index contributed by atoms with van der Waals surface area (Å²) in [4.78, 5) is 11.5. The Kier molecular flexibility index (Phi) is 4.99. The molecule has 2 rings (SSSR count). The quantitative estimate of drug-likeness (QED) is 0.571. The Labute approximate surface area is 131 Å². The van der Waals surface area contributed by atoms with Gasteiger partial charge in [-0.15, -0.1) is 0 Å². The predicted molar refractivity (Wildman–Crippen MR) is 85.9 cm³/mol. The third-order valence-corrected chi connectivity index (χ3v) is 3.72. The highest BCUT2D eigenvalue weighted by molar-refractivity contribution is 9.10. The molecule has 0 saturated carbocycles. The number of benzene rings is 2. The van der Waals surface area contributed by atoms with E-state index in [4.69, 9.17) is 16.3 Å². The van der Waals surface area contributed by atoms with Crippen molar-refractivity contribution in [2.75, 3.05) is 7.11 Å². The fraction of sp³-hybridized carbons (Fsp3) is 0.0625. The van der Waals surface area contributed by atoms with E-state index in [0.717, 1.165) is 15.6 Å². The zero-order valence-corrected chi connectivity index (χ0v) is 13.1. The van der Waals surface area contributed by atoms with Gasteiger partial charge in [0.15, 0.2) is 0 Å². The van der Waals surface area contributed by atoms with E-state index in [1.54, 1.807) is 12.1 Å². The number of carbonyl (C=O) groups is 1. The zero-order valence-electron chi connectivity index (χ0n) is 10.8. The highest BCUT2D eigenvalue weighted by atomic mass is 79.9. The first-order valence-corrected chi connectivity index (χ1v) is 7.09. The largest absolute Gasteiger partial charge is 0.465 e. The summed E-state index contributed by atoms with van der Waals surface area (Å²) in [6.45, 7) is 0. The summed E-state index contributed by atoms with van der Waals surface area (Å²) in [7, 11) is 1.37. The van der Waals surface area contributed by atoms with Crippen molar-refractivity contribution in [3.05, 3.63) is 68.7 Å². The number of carbonyl (C=O) groups excluding carboxylic acids is 1. The molecule has 0 heterocycles. The summed E-state index contributed by atoms with van der Waals surface area (Å²) >= 11 is 9.30. The van der Waals surface area contributed by atoms with Gasteiger partial charge in [-0.3, -0.25) is 0 Å². The lowest BCUT2D eigenvalue weighted by Crippen LogP contribution is -2.01. The van der Waals surface area contributed by atoms with Gasteiger partial charge in [0.2, 0.25) is 0 Å². The molecule has 2 nitrogen and oxygen atoms in total. The molecule has 0 spiro atoms. The predicted octanol–water partition coefficient (Wildman–Crippen LogP) is 5.06. The minimum atomic E-state index is -0.348. The maximum atomic E-state index is 11.5. The van der Waals surface area contributed by atoms with Gasteiger partial charge in [0, 0.05) is 9.50 Å². The summed E-state index contributed by atoms with van der Waals surface area (Å²) in [5, 5.41) is 0.705. The second-order valence-corrected chi connectivity index (χ2v) is 5.40. The van der Waals surface area contributed by atoms with Crippen molar-refractivity contribution in [3.8, 4) is 0 Å². The normalized spacial score (nSPS) is 10.8. The molecular weight excluding hydrogens is 340 g/mol. The number of rotatable bonds is 3. The van der Waals surface area contributed by atoms with Crippen molar-refractivity contribution in [3.63, 3.8) is 0 Å². The van der Waals surface area contributed by atoms with Crippen LogP contribution in [0.3, 0.4) is 0 Å². The minimum absolute atomic E-state index is 0.348. The monoisotopic (exact) mass is 350 g/mol. The summed E-state index contributed by atoms with van der Waals surface area (Å²) in [5.74, 6) is -0.348. The van der Waals surface area contributed by atoms with E-state index in [9.17, 15) is 4.79 Å². The van der Waals surface area contributed by atoms with Crippen LogP contribution in [-0.4, -0.2) is 13.1 Å². The van der Waals surface area contributed by atoms with E-state index in [0.29, 0.717) is 10.6 Å². The summed E-state index contributed by atoms with van der Waals surface area (Å²) in [5.41, 5.74) is 2.46. The molecule has 4 heteroatoms. The van der Waals surface area contributed by atoms with Gasteiger partial charge in [-0.2, -0.15) is 0 Å². The smallest absolute Gasteiger partial charge is 0.337 e. The van der Waals surface area contributed by atoms with E-state index in [-0.39, 0.29) is 5.97 Å². The Morgan fingerprint density at radius 1 is 1.15 bits per heavy atom. The second kappa shape index (κ2) is 6.73. The van der Waals surface area contributed by atoms with Gasteiger partial charge in [-0.25, -0.2) is 4.79 Å². The maximum absolute atomic E-state index is 11.5. The zero-order chi connectivity index (χ0) is 14.5. The van der Waals surface area contributed by atoms with Crippen molar-refractivity contribution in [2.24, 2.45) is 0 Å². The second-order valence-electron chi connectivity index (χ2n) is 4.11. The first-order valence-electron chi connectivity index (χ1n) is 5.91. The van der Waals surface area contributed by atoms with Crippen LogP contribution in [0.1, 0.15) is 21.5 Å². The van der Waals surface area contributed by atoms with Crippen molar-refractivity contribution in [1.29, 1.82) is 0 Å². The van der Waals surface area contributed by atoms with E-state index in [2.05, 4.69) is 15.9 Å². The van der Waals surface area contributed by atoms with Gasteiger partial charge in [-0.1, -0.05) is 51.8 Å². The molecule has 0 unspecified atom stereocenters. The molecule has 0 aliphatic carbocycles. The van der Waals surface area contributed by atoms with Crippen LogP contribution in [0.15, 0.2) is 46.9 Å². The molecule has 0 radical (unpaired) electrons. The Morgan fingerprint density at radius 3 is 2.50 bits per heavy atom. The molecule has 0 fully saturated rings. The average Bonchev–Trinajstić information content (AvgIpc) is 2.47. The molecule has 0 aliphatic rings. The van der Waals surface area contributed by atoms with Crippen LogP contribution >= 0.6 is 27.5 Å². The minimum Gasteiger partial charge on any atom is -0.465 e. The van der Waals surface area contributed by atoms with Gasteiger partial charge >= 0.3 is 5.97 Å². The van der Waals surface area contributed by atoms with E-state index >= 15 is 0 Å². The maximum Gasteiger partial charge on any atom is 0.337 e.